The topological polar surface area (TPSA) is 115 Å². The van der Waals surface area contributed by atoms with Gasteiger partial charge in [-0.25, -0.2) is 9.97 Å². The van der Waals surface area contributed by atoms with Crippen molar-refractivity contribution in [1.29, 1.82) is 0 Å². The second-order valence-corrected chi connectivity index (χ2v) is 10.6. The average molecular weight is 541 g/mol. The summed E-state index contributed by atoms with van der Waals surface area (Å²) in [6.07, 6.45) is 5.68. The quantitative estimate of drug-likeness (QED) is 0.362. The second-order valence-electron chi connectivity index (χ2n) is 10.6. The number of carbonyl (C=O) groups is 2. The molecule has 10 heteroatoms. The van der Waals surface area contributed by atoms with E-state index in [2.05, 4.69) is 48.3 Å². The molecule has 1 aromatic heterocycles. The summed E-state index contributed by atoms with van der Waals surface area (Å²) in [6, 6.07) is 17.7. The van der Waals surface area contributed by atoms with Gasteiger partial charge in [0.15, 0.2) is 0 Å². The summed E-state index contributed by atoms with van der Waals surface area (Å²) in [4.78, 5) is 38.4. The maximum atomic E-state index is 12.7. The van der Waals surface area contributed by atoms with Gasteiger partial charge >= 0.3 is 0 Å². The minimum Gasteiger partial charge on any atom is -0.368 e. The van der Waals surface area contributed by atoms with Crippen molar-refractivity contribution in [3.63, 3.8) is 0 Å². The molecule has 3 fully saturated rings. The predicted octanol–water partition coefficient (Wildman–Crippen LogP) is 2.98. The molecule has 3 aliphatic heterocycles. The van der Waals surface area contributed by atoms with Crippen LogP contribution in [0.1, 0.15) is 25.7 Å². The zero-order valence-corrected chi connectivity index (χ0v) is 22.6. The largest absolute Gasteiger partial charge is 0.368 e. The van der Waals surface area contributed by atoms with E-state index in [4.69, 9.17) is 0 Å². The number of aromatic nitrogens is 2. The molecule has 0 aliphatic carbocycles. The highest BCUT2D eigenvalue weighted by atomic mass is 16.2. The number of rotatable bonds is 7. The van der Waals surface area contributed by atoms with E-state index < -0.39 is 0 Å². The molecule has 0 bridgehead atoms. The van der Waals surface area contributed by atoms with Crippen molar-refractivity contribution in [2.24, 2.45) is 0 Å². The van der Waals surface area contributed by atoms with Crippen LogP contribution < -0.4 is 26.2 Å². The summed E-state index contributed by atoms with van der Waals surface area (Å²) in [5.41, 5.74) is 4.56. The van der Waals surface area contributed by atoms with Crippen molar-refractivity contribution in [3.8, 4) is 11.3 Å². The first-order valence-electron chi connectivity index (χ1n) is 14.2. The summed E-state index contributed by atoms with van der Waals surface area (Å²) >= 11 is 0. The number of anilines is 4. The third-order valence-electron chi connectivity index (χ3n) is 7.92. The van der Waals surface area contributed by atoms with E-state index in [-0.39, 0.29) is 23.9 Å². The molecule has 0 radical (unpaired) electrons. The van der Waals surface area contributed by atoms with Gasteiger partial charge < -0.3 is 31.1 Å². The summed E-state index contributed by atoms with van der Waals surface area (Å²) in [7, 11) is 0. The molecule has 208 valence electrons. The van der Waals surface area contributed by atoms with Crippen LogP contribution >= 0.6 is 0 Å². The maximum absolute atomic E-state index is 12.7. The Morgan fingerprint density at radius 1 is 0.800 bits per heavy atom. The second kappa shape index (κ2) is 12.0. The van der Waals surface area contributed by atoms with Crippen molar-refractivity contribution in [3.05, 3.63) is 60.8 Å². The lowest BCUT2D eigenvalue weighted by Crippen LogP contribution is -2.53. The minimum atomic E-state index is -0.107. The van der Waals surface area contributed by atoms with E-state index in [1.807, 2.05) is 47.4 Å². The molecule has 3 aromatic rings. The summed E-state index contributed by atoms with van der Waals surface area (Å²) < 4.78 is 0. The molecule has 0 spiro atoms. The Labute approximate surface area is 234 Å². The van der Waals surface area contributed by atoms with Crippen molar-refractivity contribution in [2.75, 3.05) is 54.8 Å². The van der Waals surface area contributed by atoms with Crippen LogP contribution in [-0.2, 0) is 9.59 Å². The molecule has 10 nitrogen and oxygen atoms in total. The van der Waals surface area contributed by atoms with Crippen LogP contribution in [0.2, 0.25) is 0 Å². The highest BCUT2D eigenvalue weighted by molar-refractivity contribution is 5.95. The number of nitrogens with zero attached hydrogens (tertiary/aromatic N) is 4. The monoisotopic (exact) mass is 540 g/mol. The van der Waals surface area contributed by atoms with Crippen molar-refractivity contribution in [2.45, 2.75) is 37.8 Å². The van der Waals surface area contributed by atoms with Crippen LogP contribution in [-0.4, -0.2) is 78.0 Å². The number of hydrogen-bond donors (Lipinski definition) is 4. The van der Waals surface area contributed by atoms with E-state index in [1.165, 1.54) is 0 Å². The fraction of sp³-hybridized carbons (Fsp3) is 0.400. The number of carbonyl (C=O) groups excluding carboxylic acids is 2. The van der Waals surface area contributed by atoms with Gasteiger partial charge in [-0.2, -0.15) is 0 Å². The molecule has 2 amide bonds. The van der Waals surface area contributed by atoms with Gasteiger partial charge in [-0.15, -0.1) is 0 Å². The van der Waals surface area contributed by atoms with Gasteiger partial charge in [-0.05, 0) is 81.2 Å². The van der Waals surface area contributed by atoms with Gasteiger partial charge in [-0.1, -0.05) is 12.1 Å². The summed E-state index contributed by atoms with van der Waals surface area (Å²) in [5.74, 6) is 0.778. The zero-order chi connectivity index (χ0) is 27.3. The minimum absolute atomic E-state index is 0.00343. The molecule has 40 heavy (non-hydrogen) atoms. The van der Waals surface area contributed by atoms with E-state index in [1.54, 1.807) is 6.20 Å². The molecule has 2 atom stereocenters. The highest BCUT2D eigenvalue weighted by Gasteiger charge is 2.29. The molecule has 0 unspecified atom stereocenters. The third kappa shape index (κ3) is 6.08. The SMILES string of the molecule is O=C(Nc1ccc(-c2ccnc(Nc3ccc(N4CCN(C(=O)[C@@H]5CCCN5)CC4)cc3)n2)cc1)[C@H]1CCCN1. The predicted molar refractivity (Wildman–Crippen MR) is 157 cm³/mol. The number of benzene rings is 2. The molecular weight excluding hydrogens is 504 g/mol. The Balaban J connectivity index is 1.03. The lowest BCUT2D eigenvalue weighted by atomic mass is 10.1. The van der Waals surface area contributed by atoms with Gasteiger partial charge in [0.2, 0.25) is 17.8 Å². The van der Waals surface area contributed by atoms with Gasteiger partial charge in [-0.3, -0.25) is 9.59 Å². The smallest absolute Gasteiger partial charge is 0.241 e. The van der Waals surface area contributed by atoms with E-state index in [0.29, 0.717) is 5.95 Å². The Kier molecular flexibility index (Phi) is 7.87. The Morgan fingerprint density at radius 3 is 2.15 bits per heavy atom. The molecule has 3 saturated heterocycles. The number of nitrogens with one attached hydrogen (secondary N) is 4. The van der Waals surface area contributed by atoms with Crippen LogP contribution in [0.5, 0.6) is 0 Å². The average Bonchev–Trinajstić information content (AvgIpc) is 3.74. The molecule has 0 saturated carbocycles. The summed E-state index contributed by atoms with van der Waals surface area (Å²) in [5, 5.41) is 12.8. The van der Waals surface area contributed by atoms with E-state index in [9.17, 15) is 9.59 Å². The van der Waals surface area contributed by atoms with E-state index >= 15 is 0 Å². The lowest BCUT2D eigenvalue weighted by molar-refractivity contribution is -0.133. The van der Waals surface area contributed by atoms with Crippen molar-refractivity contribution in [1.82, 2.24) is 25.5 Å². The fourth-order valence-corrected chi connectivity index (χ4v) is 5.63. The van der Waals surface area contributed by atoms with Gasteiger partial charge in [0, 0.05) is 55.0 Å². The standard InChI is InChI=1S/C30H36N8O2/c39-28(26-3-1-14-31-26)34-22-7-5-21(6-8-22)25-13-16-33-30(36-25)35-23-9-11-24(12-10-23)37-17-19-38(20-18-37)29(40)27-4-2-15-32-27/h5-13,16,26-27,31-32H,1-4,14-15,17-20H2,(H,34,39)(H,33,35,36)/t26-,27+/m1/s1. The first-order valence-corrected chi connectivity index (χ1v) is 14.2. The molecule has 2 aromatic carbocycles. The Hall–Kier alpha value is -4.02. The normalized spacial score (nSPS) is 20.9. The van der Waals surface area contributed by atoms with Crippen LogP contribution in [0.25, 0.3) is 11.3 Å². The molecule has 4 N–H and O–H groups in total. The maximum Gasteiger partial charge on any atom is 0.241 e. The van der Waals surface area contributed by atoms with E-state index in [0.717, 1.165) is 93.3 Å². The molecule has 6 rings (SSSR count). The van der Waals surface area contributed by atoms with Crippen molar-refractivity contribution < 1.29 is 9.59 Å². The molecular formula is C30H36N8O2. The van der Waals surface area contributed by atoms with Crippen LogP contribution in [0.15, 0.2) is 60.8 Å². The Morgan fingerprint density at radius 2 is 1.48 bits per heavy atom. The number of amides is 2. The lowest BCUT2D eigenvalue weighted by Gasteiger charge is -2.37. The fourth-order valence-electron chi connectivity index (χ4n) is 5.63. The van der Waals surface area contributed by atoms with Gasteiger partial charge in [0.05, 0.1) is 17.8 Å². The first kappa shape index (κ1) is 26.2. The highest BCUT2D eigenvalue weighted by Crippen LogP contribution is 2.24. The van der Waals surface area contributed by atoms with Crippen LogP contribution in [0.4, 0.5) is 23.0 Å². The first-order chi connectivity index (χ1) is 19.6. The van der Waals surface area contributed by atoms with Crippen LogP contribution in [0, 0.1) is 0 Å². The van der Waals surface area contributed by atoms with Crippen LogP contribution in [0.3, 0.4) is 0 Å². The van der Waals surface area contributed by atoms with Gasteiger partial charge in [0.1, 0.15) is 0 Å². The van der Waals surface area contributed by atoms with Crippen molar-refractivity contribution >= 4 is 34.8 Å². The summed E-state index contributed by atoms with van der Waals surface area (Å²) in [6.45, 7) is 5.00. The molecule has 3 aliphatic rings. The van der Waals surface area contributed by atoms with Gasteiger partial charge in [0.25, 0.3) is 0 Å². The number of piperazine rings is 1. The Bertz CT molecular complexity index is 1310. The molecule has 4 heterocycles. The number of hydrogen-bond acceptors (Lipinski definition) is 8. The zero-order valence-electron chi connectivity index (χ0n) is 22.6. The third-order valence-corrected chi connectivity index (χ3v) is 7.92.